The van der Waals surface area contributed by atoms with Gasteiger partial charge in [0, 0.05) is 5.92 Å². The van der Waals surface area contributed by atoms with Crippen molar-refractivity contribution in [3.8, 4) is 0 Å². The fourth-order valence-electron chi connectivity index (χ4n) is 5.61. The van der Waals surface area contributed by atoms with Gasteiger partial charge in [-0.05, 0) is 58.9 Å². The Hall–Kier alpha value is -2.97. The summed E-state index contributed by atoms with van der Waals surface area (Å²) in [4.78, 5) is 12.7. The van der Waals surface area contributed by atoms with Crippen molar-refractivity contribution >= 4 is 27.3 Å². The van der Waals surface area contributed by atoms with E-state index in [1.54, 1.807) is 6.92 Å². The second-order valence-corrected chi connectivity index (χ2v) is 9.00. The molecule has 4 aromatic rings. The van der Waals surface area contributed by atoms with Gasteiger partial charge in [0.05, 0.1) is 11.5 Å². The molecule has 0 bridgehead atoms. The van der Waals surface area contributed by atoms with Crippen LogP contribution in [-0.2, 0) is 4.79 Å². The predicted octanol–water partition coefficient (Wildman–Crippen LogP) is 6.22. The van der Waals surface area contributed by atoms with Crippen LogP contribution < -0.4 is 0 Å². The van der Waals surface area contributed by atoms with Crippen LogP contribution >= 0.6 is 0 Å². The first-order chi connectivity index (χ1) is 14.4. The monoisotopic (exact) mass is 394 g/mol. The van der Waals surface area contributed by atoms with Gasteiger partial charge < -0.3 is 5.11 Å². The highest BCUT2D eigenvalue weighted by molar-refractivity contribution is 5.86. The minimum Gasteiger partial charge on any atom is -0.389 e. The summed E-state index contributed by atoms with van der Waals surface area (Å²) < 4.78 is 0. The molecule has 0 unspecified atom stereocenters. The number of benzene rings is 4. The molecule has 0 amide bonds. The summed E-state index contributed by atoms with van der Waals surface area (Å²) in [6, 6.07) is 29.6. The van der Waals surface area contributed by atoms with Gasteiger partial charge in [0.2, 0.25) is 0 Å². The van der Waals surface area contributed by atoms with Crippen molar-refractivity contribution in [2.24, 2.45) is 5.92 Å². The Bertz CT molecular complexity index is 1250. The molecule has 0 saturated heterocycles. The molecule has 2 nitrogen and oxygen atoms in total. The summed E-state index contributed by atoms with van der Waals surface area (Å²) in [5, 5.41) is 16.0. The Balaban J connectivity index is 1.67. The Morgan fingerprint density at radius 3 is 1.87 bits per heavy atom. The summed E-state index contributed by atoms with van der Waals surface area (Å²) in [5.74, 6) is -0.334. The fourth-order valence-corrected chi connectivity index (χ4v) is 5.61. The third kappa shape index (κ3) is 3.12. The SMILES string of the molecule is CC(=O)[C@@H]1[C@@H](c2ccc3ccccc3c2)[C@H](c2ccc3ccccc3c2)C[C@@]1(C)O. The predicted molar refractivity (Wildman–Crippen MR) is 123 cm³/mol. The van der Waals surface area contributed by atoms with Crippen LogP contribution in [0, 0.1) is 5.92 Å². The largest absolute Gasteiger partial charge is 0.389 e. The van der Waals surface area contributed by atoms with Gasteiger partial charge in [-0.3, -0.25) is 4.79 Å². The highest BCUT2D eigenvalue weighted by Crippen LogP contribution is 2.55. The van der Waals surface area contributed by atoms with E-state index >= 15 is 0 Å². The minimum absolute atomic E-state index is 0.0525. The molecular formula is C28H26O2. The van der Waals surface area contributed by atoms with Crippen LogP contribution in [0.15, 0.2) is 84.9 Å². The first-order valence-electron chi connectivity index (χ1n) is 10.6. The van der Waals surface area contributed by atoms with Crippen molar-refractivity contribution < 1.29 is 9.90 Å². The van der Waals surface area contributed by atoms with E-state index in [0.717, 1.165) is 5.56 Å². The van der Waals surface area contributed by atoms with Crippen molar-refractivity contribution in [1.29, 1.82) is 0 Å². The standard InChI is InChI=1S/C28H26O2/c1-18(29)27-26(24-14-12-20-8-4-6-10-22(20)16-24)25(17-28(27,2)30)23-13-11-19-7-3-5-9-21(19)15-23/h3-16,25-27,30H,17H2,1-2H3/t25-,26-,27+,28+/m0/s1. The van der Waals surface area contributed by atoms with E-state index in [9.17, 15) is 9.90 Å². The zero-order valence-corrected chi connectivity index (χ0v) is 17.4. The second-order valence-electron chi connectivity index (χ2n) is 9.00. The molecule has 1 aliphatic rings. The maximum atomic E-state index is 12.7. The van der Waals surface area contributed by atoms with E-state index in [1.807, 2.05) is 25.1 Å². The van der Waals surface area contributed by atoms with Crippen molar-refractivity contribution in [1.82, 2.24) is 0 Å². The van der Waals surface area contributed by atoms with Crippen LogP contribution in [0.5, 0.6) is 0 Å². The van der Waals surface area contributed by atoms with Crippen LogP contribution in [0.4, 0.5) is 0 Å². The number of hydrogen-bond acceptors (Lipinski definition) is 2. The summed E-state index contributed by atoms with van der Waals surface area (Å²) in [6.07, 6.45) is 0.576. The molecule has 150 valence electrons. The summed E-state index contributed by atoms with van der Waals surface area (Å²) in [6.45, 7) is 3.45. The molecule has 30 heavy (non-hydrogen) atoms. The highest BCUT2D eigenvalue weighted by Gasteiger charge is 2.53. The van der Waals surface area contributed by atoms with Crippen LogP contribution in [0.1, 0.15) is 43.2 Å². The van der Waals surface area contributed by atoms with Crippen LogP contribution in [0.25, 0.3) is 21.5 Å². The third-order valence-corrected chi connectivity index (χ3v) is 6.89. The summed E-state index contributed by atoms with van der Waals surface area (Å²) in [7, 11) is 0. The maximum absolute atomic E-state index is 12.7. The Morgan fingerprint density at radius 1 is 0.800 bits per heavy atom. The topological polar surface area (TPSA) is 37.3 Å². The number of Topliss-reactive ketones (excluding diaryl/α,β-unsaturated/α-hetero) is 1. The lowest BCUT2D eigenvalue weighted by Crippen LogP contribution is -2.36. The average molecular weight is 395 g/mol. The molecule has 0 radical (unpaired) electrons. The molecule has 4 atom stereocenters. The zero-order chi connectivity index (χ0) is 20.9. The van der Waals surface area contributed by atoms with Gasteiger partial charge in [-0.1, -0.05) is 84.9 Å². The number of carbonyl (C=O) groups is 1. The van der Waals surface area contributed by atoms with E-state index in [4.69, 9.17) is 0 Å². The molecule has 0 heterocycles. The van der Waals surface area contributed by atoms with Gasteiger partial charge in [0.1, 0.15) is 5.78 Å². The van der Waals surface area contributed by atoms with Gasteiger partial charge in [0.25, 0.3) is 0 Å². The molecule has 1 N–H and O–H groups in total. The van der Waals surface area contributed by atoms with Crippen LogP contribution in [0.3, 0.4) is 0 Å². The fraction of sp³-hybridized carbons (Fsp3) is 0.250. The molecule has 5 rings (SSSR count). The number of ketones is 1. The van der Waals surface area contributed by atoms with Gasteiger partial charge in [-0.15, -0.1) is 0 Å². The Morgan fingerprint density at radius 2 is 1.30 bits per heavy atom. The lowest BCUT2D eigenvalue weighted by Gasteiger charge is -2.28. The van der Waals surface area contributed by atoms with E-state index in [-0.39, 0.29) is 17.6 Å². The smallest absolute Gasteiger partial charge is 0.136 e. The molecule has 1 fully saturated rings. The van der Waals surface area contributed by atoms with Crippen molar-refractivity contribution in [2.75, 3.05) is 0 Å². The molecular weight excluding hydrogens is 368 g/mol. The maximum Gasteiger partial charge on any atom is 0.136 e. The van der Waals surface area contributed by atoms with Crippen molar-refractivity contribution in [3.63, 3.8) is 0 Å². The zero-order valence-electron chi connectivity index (χ0n) is 17.4. The summed E-state index contributed by atoms with van der Waals surface area (Å²) in [5.41, 5.74) is 1.29. The van der Waals surface area contributed by atoms with E-state index < -0.39 is 11.5 Å². The first kappa shape index (κ1) is 19.0. The number of fused-ring (bicyclic) bond motifs is 2. The minimum atomic E-state index is -1.03. The van der Waals surface area contributed by atoms with Crippen LogP contribution in [-0.4, -0.2) is 16.5 Å². The van der Waals surface area contributed by atoms with Crippen molar-refractivity contribution in [2.45, 2.75) is 37.7 Å². The molecule has 0 aromatic heterocycles. The second kappa shape index (κ2) is 7.07. The number of aliphatic hydroxyl groups is 1. The molecule has 2 heteroatoms. The quantitative estimate of drug-likeness (QED) is 0.448. The molecule has 1 saturated carbocycles. The number of hydrogen-bond donors (Lipinski definition) is 1. The lowest BCUT2D eigenvalue weighted by molar-refractivity contribution is -0.127. The molecule has 1 aliphatic carbocycles. The number of rotatable bonds is 3. The Labute approximate surface area is 177 Å². The van der Waals surface area contributed by atoms with Gasteiger partial charge >= 0.3 is 0 Å². The third-order valence-electron chi connectivity index (χ3n) is 6.89. The molecule has 0 aliphatic heterocycles. The van der Waals surface area contributed by atoms with Crippen molar-refractivity contribution in [3.05, 3.63) is 96.1 Å². The van der Waals surface area contributed by atoms with E-state index in [2.05, 4.69) is 66.7 Å². The van der Waals surface area contributed by atoms with E-state index in [0.29, 0.717) is 6.42 Å². The van der Waals surface area contributed by atoms with Gasteiger partial charge in [-0.2, -0.15) is 0 Å². The normalized spacial score (nSPS) is 26.3. The molecule has 0 spiro atoms. The lowest BCUT2D eigenvalue weighted by atomic mass is 9.76. The van der Waals surface area contributed by atoms with Crippen LogP contribution in [0.2, 0.25) is 0 Å². The summed E-state index contributed by atoms with van der Waals surface area (Å²) >= 11 is 0. The number of carbonyl (C=O) groups excluding carboxylic acids is 1. The first-order valence-corrected chi connectivity index (χ1v) is 10.6. The Kier molecular flexibility index (Phi) is 4.48. The van der Waals surface area contributed by atoms with E-state index in [1.165, 1.54) is 27.1 Å². The average Bonchev–Trinajstić information content (AvgIpc) is 3.04. The van der Waals surface area contributed by atoms with Gasteiger partial charge in [-0.25, -0.2) is 0 Å². The molecule has 4 aromatic carbocycles. The highest BCUT2D eigenvalue weighted by atomic mass is 16.3. The van der Waals surface area contributed by atoms with Gasteiger partial charge in [0.15, 0.2) is 0 Å².